The van der Waals surface area contributed by atoms with Crippen LogP contribution in [0.3, 0.4) is 0 Å². The number of carbonyl (C=O) groups excluding carboxylic acids is 1. The second-order valence-corrected chi connectivity index (χ2v) is 11.1. The minimum atomic E-state index is -3.37. The molecule has 0 saturated carbocycles. The van der Waals surface area contributed by atoms with Crippen molar-refractivity contribution in [1.29, 1.82) is 0 Å². The van der Waals surface area contributed by atoms with Gasteiger partial charge in [-0.05, 0) is 77.9 Å². The highest BCUT2D eigenvalue weighted by Gasteiger charge is 2.47. The fraction of sp³-hybridized carbons (Fsp3) is 0.292. The molecule has 3 aromatic rings. The summed E-state index contributed by atoms with van der Waals surface area (Å²) in [6.07, 6.45) is 2.80. The number of amides is 1. The molecule has 0 radical (unpaired) electrons. The van der Waals surface area contributed by atoms with E-state index < -0.39 is 15.1 Å². The summed E-state index contributed by atoms with van der Waals surface area (Å²) in [5.74, 6) is 0.0231. The Morgan fingerprint density at radius 3 is 2.13 bits per heavy atom. The molecule has 2 unspecified atom stereocenters. The number of benzene rings is 2. The molecule has 3 heterocycles. The van der Waals surface area contributed by atoms with E-state index in [1.54, 1.807) is 35.6 Å². The summed E-state index contributed by atoms with van der Waals surface area (Å²) in [6, 6.07) is 18.5. The molecule has 2 aromatic carbocycles. The van der Waals surface area contributed by atoms with E-state index >= 15 is 0 Å². The SMILES string of the molecule is O=C(c1ccc(-c2ccsc2)cc1)N1C2CCC1CC(S(=O)(=O)c1ccccc1)C2. The summed E-state index contributed by atoms with van der Waals surface area (Å²) >= 11 is 1.65. The van der Waals surface area contributed by atoms with Gasteiger partial charge in [0, 0.05) is 17.6 Å². The number of rotatable bonds is 4. The van der Waals surface area contributed by atoms with E-state index in [0.717, 1.165) is 24.0 Å². The van der Waals surface area contributed by atoms with Crippen LogP contribution >= 0.6 is 11.3 Å². The smallest absolute Gasteiger partial charge is 0.254 e. The molecule has 2 atom stereocenters. The second-order valence-electron chi connectivity index (χ2n) is 8.14. The minimum Gasteiger partial charge on any atom is -0.333 e. The number of piperidine rings is 1. The Bertz CT molecular complexity index is 1120. The summed E-state index contributed by atoms with van der Waals surface area (Å²) in [7, 11) is -3.37. The summed E-state index contributed by atoms with van der Waals surface area (Å²) in [6.45, 7) is 0. The molecule has 2 aliphatic heterocycles. The van der Waals surface area contributed by atoms with Gasteiger partial charge >= 0.3 is 0 Å². The standard InChI is InChI=1S/C24H23NO3S2/c26-24(18-8-6-17(7-9-18)19-12-13-29-16-19)25-20-10-11-21(25)15-23(14-20)30(27,28)22-4-2-1-3-5-22/h1-9,12-13,16,20-21,23H,10-11,14-15H2. The Morgan fingerprint density at radius 1 is 0.867 bits per heavy atom. The molecule has 1 amide bonds. The van der Waals surface area contributed by atoms with E-state index in [4.69, 9.17) is 0 Å². The number of thiophene rings is 1. The van der Waals surface area contributed by atoms with Crippen molar-refractivity contribution in [3.05, 3.63) is 77.0 Å². The summed E-state index contributed by atoms with van der Waals surface area (Å²) < 4.78 is 26.2. The van der Waals surface area contributed by atoms with E-state index in [0.29, 0.717) is 23.3 Å². The van der Waals surface area contributed by atoms with Crippen molar-refractivity contribution in [1.82, 2.24) is 4.90 Å². The van der Waals surface area contributed by atoms with Crippen LogP contribution in [0, 0.1) is 0 Å². The topological polar surface area (TPSA) is 54.5 Å². The number of nitrogens with zero attached hydrogens (tertiary/aromatic N) is 1. The van der Waals surface area contributed by atoms with Crippen molar-refractivity contribution in [3.8, 4) is 11.1 Å². The van der Waals surface area contributed by atoms with Gasteiger partial charge in [-0.15, -0.1) is 0 Å². The molecule has 154 valence electrons. The molecule has 1 aromatic heterocycles. The van der Waals surface area contributed by atoms with Crippen LogP contribution in [0.5, 0.6) is 0 Å². The van der Waals surface area contributed by atoms with E-state index in [2.05, 4.69) is 11.4 Å². The third kappa shape index (κ3) is 3.38. The lowest BCUT2D eigenvalue weighted by Gasteiger charge is -2.38. The maximum atomic E-state index is 13.3. The average molecular weight is 438 g/mol. The summed E-state index contributed by atoms with van der Waals surface area (Å²) in [5.41, 5.74) is 2.93. The van der Waals surface area contributed by atoms with Crippen LogP contribution in [0.15, 0.2) is 76.3 Å². The highest BCUT2D eigenvalue weighted by atomic mass is 32.2. The van der Waals surface area contributed by atoms with Gasteiger partial charge in [-0.2, -0.15) is 11.3 Å². The van der Waals surface area contributed by atoms with Gasteiger partial charge in [0.05, 0.1) is 10.1 Å². The first kappa shape index (κ1) is 19.5. The predicted molar refractivity (Wildman–Crippen MR) is 119 cm³/mol. The number of carbonyl (C=O) groups is 1. The molecule has 2 aliphatic rings. The monoisotopic (exact) mass is 437 g/mol. The molecule has 30 heavy (non-hydrogen) atoms. The minimum absolute atomic E-state index is 0.00344. The molecule has 2 bridgehead atoms. The zero-order valence-corrected chi connectivity index (χ0v) is 18.1. The van der Waals surface area contributed by atoms with Crippen LogP contribution in [-0.2, 0) is 9.84 Å². The van der Waals surface area contributed by atoms with Gasteiger partial charge in [-0.1, -0.05) is 30.3 Å². The van der Waals surface area contributed by atoms with Gasteiger partial charge < -0.3 is 4.90 Å². The molecule has 0 aliphatic carbocycles. The van der Waals surface area contributed by atoms with Gasteiger partial charge in [0.25, 0.3) is 5.91 Å². The van der Waals surface area contributed by atoms with Crippen molar-refractivity contribution in [2.75, 3.05) is 0 Å². The zero-order chi connectivity index (χ0) is 20.7. The Kier molecular flexibility index (Phi) is 4.99. The van der Waals surface area contributed by atoms with Crippen LogP contribution < -0.4 is 0 Å². The summed E-state index contributed by atoms with van der Waals surface area (Å²) in [5, 5.41) is 3.72. The Morgan fingerprint density at radius 2 is 1.53 bits per heavy atom. The van der Waals surface area contributed by atoms with Crippen LogP contribution in [-0.4, -0.2) is 36.6 Å². The third-order valence-electron chi connectivity index (χ3n) is 6.42. The highest BCUT2D eigenvalue weighted by Crippen LogP contribution is 2.40. The Labute approximate surface area is 181 Å². The van der Waals surface area contributed by atoms with Crippen molar-refractivity contribution >= 4 is 27.1 Å². The van der Waals surface area contributed by atoms with Crippen LogP contribution in [0.1, 0.15) is 36.0 Å². The molecule has 2 saturated heterocycles. The number of hydrogen-bond acceptors (Lipinski definition) is 4. The Hall–Kier alpha value is -2.44. The fourth-order valence-corrected chi connectivity index (χ4v) is 7.44. The lowest BCUT2D eigenvalue weighted by molar-refractivity contribution is 0.0598. The van der Waals surface area contributed by atoms with Gasteiger partial charge in [-0.25, -0.2) is 8.42 Å². The first-order valence-electron chi connectivity index (χ1n) is 10.3. The number of sulfone groups is 1. The maximum absolute atomic E-state index is 13.3. The van der Waals surface area contributed by atoms with E-state index in [-0.39, 0.29) is 18.0 Å². The molecule has 4 nitrogen and oxygen atoms in total. The molecule has 5 rings (SSSR count). The van der Waals surface area contributed by atoms with Gasteiger partial charge in [0.2, 0.25) is 0 Å². The normalized spacial score (nSPS) is 23.5. The van der Waals surface area contributed by atoms with Gasteiger partial charge in [0.1, 0.15) is 0 Å². The molecule has 0 spiro atoms. The van der Waals surface area contributed by atoms with Crippen molar-refractivity contribution in [2.24, 2.45) is 0 Å². The lowest BCUT2D eigenvalue weighted by atomic mass is 10.00. The quantitative estimate of drug-likeness (QED) is 0.576. The van der Waals surface area contributed by atoms with Crippen molar-refractivity contribution in [3.63, 3.8) is 0 Å². The molecule has 6 heteroatoms. The largest absolute Gasteiger partial charge is 0.333 e. The van der Waals surface area contributed by atoms with Crippen molar-refractivity contribution in [2.45, 2.75) is 47.9 Å². The van der Waals surface area contributed by atoms with E-state index in [1.807, 2.05) is 40.6 Å². The predicted octanol–water partition coefficient (Wildman–Crippen LogP) is 5.02. The van der Waals surface area contributed by atoms with E-state index in [1.165, 1.54) is 0 Å². The summed E-state index contributed by atoms with van der Waals surface area (Å²) in [4.78, 5) is 15.6. The maximum Gasteiger partial charge on any atom is 0.254 e. The number of hydrogen-bond donors (Lipinski definition) is 0. The Balaban J connectivity index is 1.35. The molecular formula is C24H23NO3S2. The fourth-order valence-electron chi connectivity index (χ4n) is 4.90. The average Bonchev–Trinajstić information content (AvgIpc) is 3.40. The zero-order valence-electron chi connectivity index (χ0n) is 16.5. The van der Waals surface area contributed by atoms with Crippen molar-refractivity contribution < 1.29 is 13.2 Å². The van der Waals surface area contributed by atoms with Gasteiger partial charge in [-0.3, -0.25) is 4.79 Å². The van der Waals surface area contributed by atoms with Crippen LogP contribution in [0.4, 0.5) is 0 Å². The second kappa shape index (κ2) is 7.67. The molecule has 0 N–H and O–H groups in total. The van der Waals surface area contributed by atoms with E-state index in [9.17, 15) is 13.2 Å². The van der Waals surface area contributed by atoms with Gasteiger partial charge in [0.15, 0.2) is 9.84 Å². The number of fused-ring (bicyclic) bond motifs is 2. The molecular weight excluding hydrogens is 414 g/mol. The molecule has 2 fully saturated rings. The van der Waals surface area contributed by atoms with Crippen LogP contribution in [0.25, 0.3) is 11.1 Å². The lowest BCUT2D eigenvalue weighted by Crippen LogP contribution is -2.49. The first-order chi connectivity index (χ1) is 14.5. The first-order valence-corrected chi connectivity index (χ1v) is 12.8. The highest BCUT2D eigenvalue weighted by molar-refractivity contribution is 7.92. The van der Waals surface area contributed by atoms with Crippen LogP contribution in [0.2, 0.25) is 0 Å². The third-order valence-corrected chi connectivity index (χ3v) is 9.30.